The lowest BCUT2D eigenvalue weighted by Gasteiger charge is -2.26. The Balaban J connectivity index is 1.46. The summed E-state index contributed by atoms with van der Waals surface area (Å²) in [5, 5.41) is 7.30. The molecule has 1 amide bonds. The summed E-state index contributed by atoms with van der Waals surface area (Å²) in [4.78, 5) is 33.2. The lowest BCUT2D eigenvalue weighted by molar-refractivity contribution is 0.0878. The molecule has 0 atom stereocenters. The first-order valence-corrected chi connectivity index (χ1v) is 9.18. The molecule has 0 radical (unpaired) electrons. The molecule has 3 aromatic rings. The minimum atomic E-state index is -0.364. The molecule has 8 heteroatoms. The van der Waals surface area contributed by atoms with Crippen molar-refractivity contribution in [3.8, 4) is 0 Å². The van der Waals surface area contributed by atoms with Crippen LogP contribution in [0, 0.1) is 5.92 Å². The van der Waals surface area contributed by atoms with Gasteiger partial charge in [0.15, 0.2) is 5.82 Å². The lowest BCUT2D eigenvalue weighted by atomic mass is 9.87. The van der Waals surface area contributed by atoms with Crippen molar-refractivity contribution < 1.29 is 9.32 Å². The van der Waals surface area contributed by atoms with E-state index in [0.29, 0.717) is 16.8 Å². The maximum atomic E-state index is 12.5. The molecule has 1 aliphatic rings. The van der Waals surface area contributed by atoms with Crippen LogP contribution in [0.25, 0.3) is 10.9 Å². The number of carbonyl (C=O) groups is 1. The van der Waals surface area contributed by atoms with Gasteiger partial charge in [-0.05, 0) is 43.7 Å². The number of carbonyl (C=O) groups excluding carboxylic acids is 1. The van der Waals surface area contributed by atoms with Gasteiger partial charge in [0.2, 0.25) is 0 Å². The second-order valence-corrected chi connectivity index (χ2v) is 7.14. The van der Waals surface area contributed by atoms with Gasteiger partial charge in [0, 0.05) is 6.04 Å². The van der Waals surface area contributed by atoms with Gasteiger partial charge in [-0.25, -0.2) is 4.98 Å². The van der Waals surface area contributed by atoms with E-state index in [2.05, 4.69) is 27.4 Å². The third-order valence-electron chi connectivity index (χ3n) is 5.06. The van der Waals surface area contributed by atoms with Crippen molar-refractivity contribution in [3.63, 3.8) is 0 Å². The zero-order valence-electron chi connectivity index (χ0n) is 15.1. The summed E-state index contributed by atoms with van der Waals surface area (Å²) in [6, 6.07) is 7.27. The van der Waals surface area contributed by atoms with Crippen molar-refractivity contribution in [1.82, 2.24) is 25.0 Å². The van der Waals surface area contributed by atoms with Crippen LogP contribution >= 0.6 is 0 Å². The molecule has 0 bridgehead atoms. The molecule has 0 spiro atoms. The Kier molecular flexibility index (Phi) is 4.70. The highest BCUT2D eigenvalue weighted by atomic mass is 16.5. The molecule has 2 aromatic heterocycles. The first kappa shape index (κ1) is 17.4. The van der Waals surface area contributed by atoms with Crippen molar-refractivity contribution in [2.24, 2.45) is 5.92 Å². The van der Waals surface area contributed by atoms with Gasteiger partial charge < -0.3 is 9.84 Å². The third kappa shape index (κ3) is 3.74. The number of rotatable bonds is 4. The number of benzene rings is 1. The summed E-state index contributed by atoms with van der Waals surface area (Å²) < 4.78 is 6.48. The fraction of sp³-hybridized carbons (Fsp3) is 0.421. The Labute approximate surface area is 155 Å². The highest BCUT2D eigenvalue weighted by Crippen LogP contribution is 2.23. The topological polar surface area (TPSA) is 103 Å². The quantitative estimate of drug-likeness (QED) is 0.758. The second kappa shape index (κ2) is 7.30. The predicted molar refractivity (Wildman–Crippen MR) is 98.3 cm³/mol. The first-order valence-electron chi connectivity index (χ1n) is 9.18. The van der Waals surface area contributed by atoms with Crippen LogP contribution in [0.5, 0.6) is 0 Å². The molecule has 4 rings (SSSR count). The van der Waals surface area contributed by atoms with Crippen LogP contribution in [0.4, 0.5) is 0 Å². The van der Waals surface area contributed by atoms with E-state index in [1.54, 1.807) is 18.2 Å². The number of nitrogens with zero attached hydrogens (tertiary/aromatic N) is 4. The summed E-state index contributed by atoms with van der Waals surface area (Å²) in [5.41, 5.74) is 0.446. The van der Waals surface area contributed by atoms with Crippen LogP contribution < -0.4 is 10.9 Å². The summed E-state index contributed by atoms with van der Waals surface area (Å²) in [5.74, 6) is 0.529. The zero-order valence-corrected chi connectivity index (χ0v) is 15.1. The molecule has 0 saturated heterocycles. The molecule has 1 fully saturated rings. The summed E-state index contributed by atoms with van der Waals surface area (Å²) in [6.07, 6.45) is 5.60. The van der Waals surface area contributed by atoms with E-state index in [9.17, 15) is 9.59 Å². The summed E-state index contributed by atoms with van der Waals surface area (Å²) >= 11 is 0. The van der Waals surface area contributed by atoms with Crippen molar-refractivity contribution in [3.05, 3.63) is 52.7 Å². The fourth-order valence-corrected chi connectivity index (χ4v) is 3.43. The Morgan fingerprint density at radius 1 is 1.26 bits per heavy atom. The number of hydrogen-bond donors (Lipinski definition) is 1. The van der Waals surface area contributed by atoms with E-state index >= 15 is 0 Å². The van der Waals surface area contributed by atoms with Gasteiger partial charge in [-0.3, -0.25) is 14.2 Å². The second-order valence-electron chi connectivity index (χ2n) is 7.14. The molecule has 2 heterocycles. The smallest absolute Gasteiger partial charge is 0.316 e. The van der Waals surface area contributed by atoms with Crippen LogP contribution in [-0.4, -0.2) is 31.6 Å². The highest BCUT2D eigenvalue weighted by molar-refractivity contribution is 5.89. The molecule has 1 saturated carbocycles. The summed E-state index contributed by atoms with van der Waals surface area (Å²) in [7, 11) is 0. The van der Waals surface area contributed by atoms with Crippen molar-refractivity contribution in [1.29, 1.82) is 0 Å². The Hall–Kier alpha value is -3.03. The van der Waals surface area contributed by atoms with Crippen LogP contribution in [0.3, 0.4) is 0 Å². The maximum absolute atomic E-state index is 12.5. The van der Waals surface area contributed by atoms with E-state index in [0.717, 1.165) is 25.7 Å². The fourth-order valence-electron chi connectivity index (χ4n) is 3.43. The number of aromatic nitrogens is 4. The molecule has 27 heavy (non-hydrogen) atoms. The Bertz CT molecular complexity index is 1020. The third-order valence-corrected chi connectivity index (χ3v) is 5.06. The SMILES string of the molecule is CC1CCC(NC(=O)c2nc(Cn3cnc4ccccc4c3=O)no2)CC1. The van der Waals surface area contributed by atoms with Gasteiger partial charge in [0.1, 0.15) is 0 Å². The van der Waals surface area contributed by atoms with Gasteiger partial charge in [0.25, 0.3) is 5.56 Å². The molecule has 8 nitrogen and oxygen atoms in total. The minimum Gasteiger partial charge on any atom is -0.345 e. The average molecular weight is 367 g/mol. The van der Waals surface area contributed by atoms with Crippen LogP contribution in [0.1, 0.15) is 49.1 Å². The molecule has 1 N–H and O–H groups in total. The van der Waals surface area contributed by atoms with Crippen LogP contribution in [-0.2, 0) is 6.54 Å². The van der Waals surface area contributed by atoms with E-state index in [1.807, 2.05) is 6.07 Å². The number of hydrogen-bond acceptors (Lipinski definition) is 6. The van der Waals surface area contributed by atoms with Crippen molar-refractivity contribution in [2.45, 2.75) is 45.2 Å². The largest absolute Gasteiger partial charge is 0.345 e. The van der Waals surface area contributed by atoms with Gasteiger partial charge in [0.05, 0.1) is 23.8 Å². The van der Waals surface area contributed by atoms with Crippen molar-refractivity contribution >= 4 is 16.8 Å². The lowest BCUT2D eigenvalue weighted by Crippen LogP contribution is -2.37. The van der Waals surface area contributed by atoms with E-state index in [4.69, 9.17) is 4.52 Å². The normalized spacial score (nSPS) is 19.9. The minimum absolute atomic E-state index is 0.0783. The Morgan fingerprint density at radius 3 is 2.85 bits per heavy atom. The monoisotopic (exact) mass is 367 g/mol. The maximum Gasteiger partial charge on any atom is 0.316 e. The Morgan fingerprint density at radius 2 is 2.04 bits per heavy atom. The van der Waals surface area contributed by atoms with E-state index < -0.39 is 0 Å². The molecular weight excluding hydrogens is 346 g/mol. The van der Waals surface area contributed by atoms with Gasteiger partial charge >= 0.3 is 11.8 Å². The summed E-state index contributed by atoms with van der Waals surface area (Å²) in [6.45, 7) is 2.32. The molecular formula is C19H21N5O3. The standard InChI is InChI=1S/C19H21N5O3/c1-12-6-8-13(9-7-12)21-17(25)18-22-16(23-27-18)10-24-11-20-15-5-3-2-4-14(15)19(24)26/h2-5,11-13H,6-10H2,1H3,(H,21,25). The van der Waals surface area contributed by atoms with E-state index in [1.165, 1.54) is 10.9 Å². The number of para-hydroxylation sites is 1. The molecule has 0 unspecified atom stereocenters. The molecule has 1 aromatic carbocycles. The van der Waals surface area contributed by atoms with Gasteiger partial charge in [-0.1, -0.05) is 24.2 Å². The van der Waals surface area contributed by atoms with E-state index in [-0.39, 0.29) is 35.8 Å². The first-order chi connectivity index (χ1) is 13.1. The highest BCUT2D eigenvalue weighted by Gasteiger charge is 2.23. The van der Waals surface area contributed by atoms with Gasteiger partial charge in [-0.2, -0.15) is 4.98 Å². The average Bonchev–Trinajstić information content (AvgIpc) is 3.15. The predicted octanol–water partition coefficient (Wildman–Crippen LogP) is 2.14. The van der Waals surface area contributed by atoms with Gasteiger partial charge in [-0.15, -0.1) is 0 Å². The van der Waals surface area contributed by atoms with Crippen LogP contribution in [0.15, 0.2) is 39.9 Å². The molecule has 140 valence electrons. The van der Waals surface area contributed by atoms with Crippen LogP contribution in [0.2, 0.25) is 0 Å². The number of nitrogens with one attached hydrogen (secondary N) is 1. The molecule has 1 aliphatic carbocycles. The molecule has 0 aliphatic heterocycles. The number of amides is 1. The van der Waals surface area contributed by atoms with Crippen molar-refractivity contribution in [2.75, 3.05) is 0 Å². The zero-order chi connectivity index (χ0) is 18.8. The number of fused-ring (bicyclic) bond motifs is 1.